The van der Waals surface area contributed by atoms with Crippen molar-refractivity contribution < 1.29 is 19.1 Å². The normalized spacial score (nSPS) is 14.5. The molecule has 0 spiro atoms. The van der Waals surface area contributed by atoms with Gasteiger partial charge >= 0.3 is 0 Å². The van der Waals surface area contributed by atoms with E-state index in [1.165, 1.54) is 7.11 Å². The third-order valence-electron chi connectivity index (χ3n) is 5.12. The zero-order chi connectivity index (χ0) is 20.1. The molecule has 2 aromatic rings. The summed E-state index contributed by atoms with van der Waals surface area (Å²) in [5.41, 5.74) is 1.63. The number of hydrogen-bond donors (Lipinski definition) is 1. The summed E-state index contributed by atoms with van der Waals surface area (Å²) in [4.78, 5) is 27.1. The minimum absolute atomic E-state index is 0.0238. The Morgan fingerprint density at radius 2 is 1.61 bits per heavy atom. The zero-order valence-electron chi connectivity index (χ0n) is 16.5. The molecule has 1 N–H and O–H groups in total. The molecule has 0 unspecified atom stereocenters. The Hall–Kier alpha value is -3.02. The van der Waals surface area contributed by atoms with Gasteiger partial charge in [-0.15, -0.1) is 0 Å². The van der Waals surface area contributed by atoms with E-state index in [0.717, 1.165) is 25.9 Å². The quantitative estimate of drug-likeness (QED) is 0.853. The lowest BCUT2D eigenvalue weighted by molar-refractivity contribution is 0.0697. The van der Waals surface area contributed by atoms with Crippen molar-refractivity contribution in [2.75, 3.05) is 32.6 Å². The molecule has 6 heteroatoms. The summed E-state index contributed by atoms with van der Waals surface area (Å²) < 4.78 is 10.5. The van der Waals surface area contributed by atoms with Gasteiger partial charge in [-0.3, -0.25) is 9.59 Å². The van der Waals surface area contributed by atoms with Crippen molar-refractivity contribution in [2.45, 2.75) is 19.8 Å². The summed E-state index contributed by atoms with van der Waals surface area (Å²) >= 11 is 0. The Morgan fingerprint density at radius 1 is 0.964 bits per heavy atom. The van der Waals surface area contributed by atoms with Crippen LogP contribution in [-0.4, -0.2) is 44.0 Å². The second-order valence-corrected chi connectivity index (χ2v) is 7.07. The Labute approximate surface area is 165 Å². The molecule has 2 amide bonds. The van der Waals surface area contributed by atoms with E-state index in [1.807, 2.05) is 4.90 Å². The molecule has 1 heterocycles. The highest BCUT2D eigenvalue weighted by Gasteiger charge is 2.21. The third kappa shape index (κ3) is 4.44. The number of benzene rings is 2. The van der Waals surface area contributed by atoms with Crippen LogP contribution in [-0.2, 0) is 0 Å². The number of nitrogens with one attached hydrogen (secondary N) is 1. The Balaban J connectivity index is 1.68. The number of carbonyl (C=O) groups excluding carboxylic acids is 2. The number of anilines is 1. The lowest BCUT2D eigenvalue weighted by atomic mass is 9.98. The van der Waals surface area contributed by atoms with E-state index >= 15 is 0 Å². The van der Waals surface area contributed by atoms with Crippen LogP contribution in [0.2, 0.25) is 0 Å². The molecular formula is C22H26N2O4. The van der Waals surface area contributed by atoms with Crippen molar-refractivity contribution in [1.82, 2.24) is 4.90 Å². The van der Waals surface area contributed by atoms with Gasteiger partial charge in [0.2, 0.25) is 0 Å². The van der Waals surface area contributed by atoms with Gasteiger partial charge in [0.05, 0.1) is 19.9 Å². The van der Waals surface area contributed by atoms with Crippen LogP contribution in [0.1, 0.15) is 40.5 Å². The van der Waals surface area contributed by atoms with E-state index in [0.29, 0.717) is 34.2 Å². The highest BCUT2D eigenvalue weighted by Crippen LogP contribution is 2.29. The molecule has 1 aliphatic heterocycles. The van der Waals surface area contributed by atoms with Crippen LogP contribution >= 0.6 is 0 Å². The highest BCUT2D eigenvalue weighted by atomic mass is 16.5. The van der Waals surface area contributed by atoms with Gasteiger partial charge in [-0.25, -0.2) is 0 Å². The molecule has 1 fully saturated rings. The van der Waals surface area contributed by atoms with Crippen LogP contribution in [0.25, 0.3) is 0 Å². The van der Waals surface area contributed by atoms with Crippen LogP contribution in [0.5, 0.6) is 11.5 Å². The van der Waals surface area contributed by atoms with E-state index in [9.17, 15) is 9.59 Å². The smallest absolute Gasteiger partial charge is 0.255 e. The van der Waals surface area contributed by atoms with Gasteiger partial charge in [-0.2, -0.15) is 0 Å². The second-order valence-electron chi connectivity index (χ2n) is 7.07. The number of likely N-dealkylation sites (tertiary alicyclic amines) is 1. The van der Waals surface area contributed by atoms with Crippen molar-refractivity contribution in [3.63, 3.8) is 0 Å². The van der Waals surface area contributed by atoms with Gasteiger partial charge in [0.25, 0.3) is 11.8 Å². The zero-order valence-corrected chi connectivity index (χ0v) is 16.5. The summed E-state index contributed by atoms with van der Waals surface area (Å²) in [6.45, 7) is 3.80. The van der Waals surface area contributed by atoms with Crippen molar-refractivity contribution in [3.05, 3.63) is 53.6 Å². The maximum Gasteiger partial charge on any atom is 0.255 e. The van der Waals surface area contributed by atoms with E-state index < -0.39 is 0 Å². The van der Waals surface area contributed by atoms with Crippen LogP contribution < -0.4 is 14.8 Å². The fraction of sp³-hybridized carbons (Fsp3) is 0.364. The first-order chi connectivity index (χ1) is 13.5. The molecule has 0 radical (unpaired) electrons. The number of nitrogens with zero attached hydrogens (tertiary/aromatic N) is 1. The number of methoxy groups -OCH3 is 2. The van der Waals surface area contributed by atoms with Gasteiger partial charge in [-0.1, -0.05) is 6.92 Å². The summed E-state index contributed by atoms with van der Waals surface area (Å²) in [7, 11) is 3.10. The standard InChI is InChI=1S/C22H26N2O4/c1-15-10-12-24(13-11-15)22(26)17-6-4-16(5-7-17)21(25)23-19-9-8-18(27-2)14-20(19)28-3/h4-9,14-15H,10-13H2,1-3H3,(H,23,25). The summed E-state index contributed by atoms with van der Waals surface area (Å²) in [5.74, 6) is 1.58. The van der Waals surface area contributed by atoms with E-state index in [-0.39, 0.29) is 11.8 Å². The first-order valence-electron chi connectivity index (χ1n) is 9.44. The van der Waals surface area contributed by atoms with Crippen LogP contribution in [0.3, 0.4) is 0 Å². The monoisotopic (exact) mass is 382 g/mol. The fourth-order valence-corrected chi connectivity index (χ4v) is 3.25. The molecule has 0 aromatic heterocycles. The van der Waals surface area contributed by atoms with Gasteiger partial charge in [0.1, 0.15) is 11.5 Å². The number of hydrogen-bond acceptors (Lipinski definition) is 4. The highest BCUT2D eigenvalue weighted by molar-refractivity contribution is 6.05. The Morgan fingerprint density at radius 3 is 2.21 bits per heavy atom. The molecule has 28 heavy (non-hydrogen) atoms. The number of rotatable bonds is 5. The van der Waals surface area contributed by atoms with E-state index in [1.54, 1.807) is 49.6 Å². The predicted octanol–water partition coefficient (Wildman–Crippen LogP) is 3.83. The number of carbonyl (C=O) groups is 2. The number of amides is 2. The molecule has 3 rings (SSSR count). The van der Waals surface area contributed by atoms with Crippen LogP contribution in [0, 0.1) is 5.92 Å². The molecule has 2 aromatic carbocycles. The van der Waals surface area contributed by atoms with Crippen molar-refractivity contribution in [2.24, 2.45) is 5.92 Å². The van der Waals surface area contributed by atoms with Crippen LogP contribution in [0.15, 0.2) is 42.5 Å². The molecule has 1 saturated heterocycles. The molecule has 0 aliphatic carbocycles. The summed E-state index contributed by atoms with van der Waals surface area (Å²) in [5, 5.41) is 2.83. The minimum Gasteiger partial charge on any atom is -0.497 e. The maximum absolute atomic E-state index is 12.6. The number of piperidine rings is 1. The van der Waals surface area contributed by atoms with E-state index in [4.69, 9.17) is 9.47 Å². The van der Waals surface area contributed by atoms with Crippen molar-refractivity contribution >= 4 is 17.5 Å². The molecule has 6 nitrogen and oxygen atoms in total. The first kappa shape index (κ1) is 19.7. The summed E-state index contributed by atoms with van der Waals surface area (Å²) in [6, 6.07) is 11.9. The Bertz CT molecular complexity index is 840. The minimum atomic E-state index is -0.269. The largest absolute Gasteiger partial charge is 0.497 e. The third-order valence-corrected chi connectivity index (χ3v) is 5.12. The van der Waals surface area contributed by atoms with Gasteiger partial charge in [-0.05, 0) is 55.2 Å². The molecule has 1 aliphatic rings. The lowest BCUT2D eigenvalue weighted by Crippen LogP contribution is -2.37. The molecule has 0 bridgehead atoms. The Kier molecular flexibility index (Phi) is 6.19. The van der Waals surface area contributed by atoms with Crippen LogP contribution in [0.4, 0.5) is 5.69 Å². The van der Waals surface area contributed by atoms with Gasteiger partial charge in [0, 0.05) is 30.3 Å². The SMILES string of the molecule is COc1ccc(NC(=O)c2ccc(C(=O)N3CCC(C)CC3)cc2)c(OC)c1. The van der Waals surface area contributed by atoms with Crippen molar-refractivity contribution in [1.29, 1.82) is 0 Å². The lowest BCUT2D eigenvalue weighted by Gasteiger charge is -2.30. The molecule has 148 valence electrons. The second kappa shape index (κ2) is 8.78. The maximum atomic E-state index is 12.6. The summed E-state index contributed by atoms with van der Waals surface area (Å²) in [6.07, 6.45) is 2.08. The molecular weight excluding hydrogens is 356 g/mol. The first-order valence-corrected chi connectivity index (χ1v) is 9.44. The van der Waals surface area contributed by atoms with E-state index in [2.05, 4.69) is 12.2 Å². The predicted molar refractivity (Wildman–Crippen MR) is 108 cm³/mol. The fourth-order valence-electron chi connectivity index (χ4n) is 3.25. The molecule has 0 atom stereocenters. The molecule has 0 saturated carbocycles. The average Bonchev–Trinajstić information content (AvgIpc) is 2.74. The average molecular weight is 382 g/mol. The van der Waals surface area contributed by atoms with Gasteiger partial charge < -0.3 is 19.7 Å². The number of ether oxygens (including phenoxy) is 2. The van der Waals surface area contributed by atoms with Crippen molar-refractivity contribution in [3.8, 4) is 11.5 Å². The van der Waals surface area contributed by atoms with Gasteiger partial charge in [0.15, 0.2) is 0 Å². The topological polar surface area (TPSA) is 67.9 Å².